The van der Waals surface area contributed by atoms with Gasteiger partial charge in [0.15, 0.2) is 6.10 Å². The predicted molar refractivity (Wildman–Crippen MR) is 224 cm³/mol. The Hall–Kier alpha value is -2.55. The highest BCUT2D eigenvalue weighted by Crippen LogP contribution is 2.43. The molecule has 0 aromatic rings. The molecule has 0 saturated heterocycles. The van der Waals surface area contributed by atoms with Crippen LogP contribution in [0.15, 0.2) is 72.9 Å². The normalized spacial score (nSPS) is 14.1. The summed E-state index contributed by atoms with van der Waals surface area (Å²) >= 11 is 0. The SMILES string of the molecule is CC/C=C\C/C=C\C/C=C\C/C=C\CCCCCCCCC(=O)OC(COC(=O)CCCCCCC/C=C\C/C=C\CCCC)COP(=O)(O)OCCN. The number of rotatable bonds is 38. The van der Waals surface area contributed by atoms with E-state index in [0.717, 1.165) is 109 Å². The van der Waals surface area contributed by atoms with Crippen LogP contribution in [0.3, 0.4) is 0 Å². The molecule has 0 aliphatic carbocycles. The Balaban J connectivity index is 4.23. The van der Waals surface area contributed by atoms with E-state index in [0.29, 0.717) is 12.8 Å². The third-order valence-corrected chi connectivity index (χ3v) is 9.31. The molecule has 0 aromatic heterocycles. The molecule has 2 unspecified atom stereocenters. The van der Waals surface area contributed by atoms with Crippen LogP contribution in [0, 0.1) is 0 Å². The first-order valence-electron chi connectivity index (χ1n) is 20.9. The van der Waals surface area contributed by atoms with Gasteiger partial charge < -0.3 is 20.1 Å². The zero-order valence-electron chi connectivity index (χ0n) is 33.9. The lowest BCUT2D eigenvalue weighted by molar-refractivity contribution is -0.161. The van der Waals surface area contributed by atoms with E-state index in [-0.39, 0.29) is 32.6 Å². The molecular formula is C44H76NO8P. The van der Waals surface area contributed by atoms with Gasteiger partial charge in [-0.1, -0.05) is 145 Å². The van der Waals surface area contributed by atoms with Crippen LogP contribution in [0.4, 0.5) is 0 Å². The molecule has 0 aromatic carbocycles. The zero-order valence-corrected chi connectivity index (χ0v) is 34.8. The van der Waals surface area contributed by atoms with Crippen LogP contribution >= 0.6 is 7.82 Å². The maximum atomic E-state index is 12.6. The van der Waals surface area contributed by atoms with Crippen molar-refractivity contribution in [3.05, 3.63) is 72.9 Å². The Morgan fingerprint density at radius 2 is 1.02 bits per heavy atom. The summed E-state index contributed by atoms with van der Waals surface area (Å²) in [6.07, 6.45) is 47.8. The number of phosphoric acid groups is 1. The Morgan fingerprint density at radius 1 is 0.574 bits per heavy atom. The van der Waals surface area contributed by atoms with E-state index in [2.05, 4.69) is 86.8 Å². The zero-order chi connectivity index (χ0) is 39.6. The van der Waals surface area contributed by atoms with Gasteiger partial charge in [-0.15, -0.1) is 0 Å². The van der Waals surface area contributed by atoms with Crippen molar-refractivity contribution in [2.45, 2.75) is 168 Å². The number of allylic oxidation sites excluding steroid dienone is 12. The lowest BCUT2D eigenvalue weighted by atomic mass is 10.1. The monoisotopic (exact) mass is 778 g/mol. The Bertz CT molecular complexity index is 1110. The first-order valence-corrected chi connectivity index (χ1v) is 22.4. The summed E-state index contributed by atoms with van der Waals surface area (Å²) in [6.45, 7) is 3.52. The van der Waals surface area contributed by atoms with Crippen LogP contribution in [0.25, 0.3) is 0 Å². The number of phosphoric ester groups is 1. The number of carbonyl (C=O) groups excluding carboxylic acids is 2. The van der Waals surface area contributed by atoms with Crippen molar-refractivity contribution in [1.29, 1.82) is 0 Å². The van der Waals surface area contributed by atoms with Gasteiger partial charge in [-0.05, 0) is 77.0 Å². The summed E-state index contributed by atoms with van der Waals surface area (Å²) in [5, 5.41) is 0. The predicted octanol–water partition coefficient (Wildman–Crippen LogP) is 11.9. The number of hydrogen-bond donors (Lipinski definition) is 2. The first kappa shape index (κ1) is 51.5. The van der Waals surface area contributed by atoms with Gasteiger partial charge in [0.1, 0.15) is 6.61 Å². The van der Waals surface area contributed by atoms with Gasteiger partial charge in [0, 0.05) is 19.4 Å². The van der Waals surface area contributed by atoms with Crippen LogP contribution in [0.1, 0.15) is 162 Å². The minimum absolute atomic E-state index is 0.0450. The van der Waals surface area contributed by atoms with Gasteiger partial charge in [0.25, 0.3) is 0 Å². The van der Waals surface area contributed by atoms with Gasteiger partial charge in [-0.25, -0.2) is 4.57 Å². The highest BCUT2D eigenvalue weighted by molar-refractivity contribution is 7.47. The van der Waals surface area contributed by atoms with Gasteiger partial charge in [0.05, 0.1) is 13.2 Å². The summed E-state index contributed by atoms with van der Waals surface area (Å²) < 4.78 is 32.7. The topological polar surface area (TPSA) is 134 Å². The number of esters is 2. The van der Waals surface area contributed by atoms with Gasteiger partial charge in [-0.3, -0.25) is 18.6 Å². The molecular weight excluding hydrogens is 701 g/mol. The van der Waals surface area contributed by atoms with Crippen LogP contribution in [-0.4, -0.2) is 49.3 Å². The molecule has 0 aliphatic heterocycles. The summed E-state index contributed by atoms with van der Waals surface area (Å²) in [5.74, 6) is -0.868. The minimum atomic E-state index is -4.39. The maximum absolute atomic E-state index is 12.6. The Kier molecular flexibility index (Phi) is 38.2. The number of carbonyl (C=O) groups is 2. The number of ether oxygens (including phenoxy) is 2. The van der Waals surface area contributed by atoms with Gasteiger partial charge in [0.2, 0.25) is 0 Å². The minimum Gasteiger partial charge on any atom is -0.462 e. The summed E-state index contributed by atoms with van der Waals surface area (Å²) in [7, 11) is -4.39. The second kappa shape index (κ2) is 40.1. The molecule has 0 radical (unpaired) electrons. The molecule has 0 bridgehead atoms. The van der Waals surface area contributed by atoms with Gasteiger partial charge in [-0.2, -0.15) is 0 Å². The van der Waals surface area contributed by atoms with Crippen LogP contribution in [0.5, 0.6) is 0 Å². The van der Waals surface area contributed by atoms with Crippen LogP contribution in [0.2, 0.25) is 0 Å². The molecule has 2 atom stereocenters. The molecule has 3 N–H and O–H groups in total. The standard InChI is InChI=1S/C44H76NO8P/c1-3-5-7-9-11-13-15-17-19-20-21-22-23-25-27-29-31-33-35-37-44(47)53-42(41-52-54(48,49)51-39-38-45)40-50-43(46)36-34-32-30-28-26-24-18-16-14-12-10-8-6-4-2/h5,7,10-13,16-19,21-22,42H,3-4,6,8-9,14-15,20,23-41,45H2,1-2H3,(H,48,49)/b7-5-,12-10-,13-11-,18-16-,19-17-,22-21-. The summed E-state index contributed by atoms with van der Waals surface area (Å²) in [4.78, 5) is 34.8. The molecule has 310 valence electrons. The fourth-order valence-electron chi connectivity index (χ4n) is 5.23. The smallest absolute Gasteiger partial charge is 0.462 e. The van der Waals surface area contributed by atoms with E-state index in [4.69, 9.17) is 24.3 Å². The van der Waals surface area contributed by atoms with E-state index in [1.54, 1.807) is 0 Å². The third kappa shape index (κ3) is 39.2. The number of nitrogens with two attached hydrogens (primary N) is 1. The van der Waals surface area contributed by atoms with E-state index in [9.17, 15) is 19.0 Å². The quantitative estimate of drug-likeness (QED) is 0.0272. The second-order valence-corrected chi connectivity index (χ2v) is 14.9. The molecule has 0 amide bonds. The molecule has 54 heavy (non-hydrogen) atoms. The molecule has 10 heteroatoms. The molecule has 0 fully saturated rings. The molecule has 0 rings (SSSR count). The molecule has 9 nitrogen and oxygen atoms in total. The molecule has 0 heterocycles. The number of unbranched alkanes of at least 4 members (excludes halogenated alkanes) is 13. The highest BCUT2D eigenvalue weighted by Gasteiger charge is 2.25. The van der Waals surface area contributed by atoms with Crippen molar-refractivity contribution in [3.8, 4) is 0 Å². The highest BCUT2D eigenvalue weighted by atomic mass is 31.2. The van der Waals surface area contributed by atoms with Crippen molar-refractivity contribution in [2.75, 3.05) is 26.4 Å². The van der Waals surface area contributed by atoms with E-state index in [1.165, 1.54) is 12.8 Å². The fourth-order valence-corrected chi connectivity index (χ4v) is 5.99. The number of hydrogen-bond acceptors (Lipinski definition) is 8. The Morgan fingerprint density at radius 3 is 1.52 bits per heavy atom. The van der Waals surface area contributed by atoms with Crippen molar-refractivity contribution >= 4 is 19.8 Å². The Labute approximate surface area is 329 Å². The van der Waals surface area contributed by atoms with Crippen molar-refractivity contribution in [3.63, 3.8) is 0 Å². The molecule has 0 aliphatic rings. The first-order chi connectivity index (χ1) is 26.3. The average molecular weight is 778 g/mol. The van der Waals surface area contributed by atoms with E-state index in [1.807, 2.05) is 0 Å². The second-order valence-electron chi connectivity index (χ2n) is 13.5. The lowest BCUT2D eigenvalue weighted by Gasteiger charge is -2.19. The summed E-state index contributed by atoms with van der Waals surface area (Å²) in [5.41, 5.74) is 5.34. The largest absolute Gasteiger partial charge is 0.472 e. The van der Waals surface area contributed by atoms with Crippen LogP contribution < -0.4 is 5.73 Å². The van der Waals surface area contributed by atoms with Crippen molar-refractivity contribution in [2.24, 2.45) is 5.73 Å². The molecule has 0 saturated carbocycles. The maximum Gasteiger partial charge on any atom is 0.472 e. The fraction of sp³-hybridized carbons (Fsp3) is 0.682. The van der Waals surface area contributed by atoms with Crippen molar-refractivity contribution in [1.82, 2.24) is 0 Å². The van der Waals surface area contributed by atoms with Gasteiger partial charge >= 0.3 is 19.8 Å². The summed E-state index contributed by atoms with van der Waals surface area (Å²) in [6, 6.07) is 0. The third-order valence-electron chi connectivity index (χ3n) is 8.33. The average Bonchev–Trinajstić information content (AvgIpc) is 3.16. The molecule has 0 spiro atoms. The lowest BCUT2D eigenvalue weighted by Crippen LogP contribution is -2.29. The van der Waals surface area contributed by atoms with Crippen LogP contribution in [-0.2, 0) is 32.7 Å². The van der Waals surface area contributed by atoms with E-state index >= 15 is 0 Å². The van der Waals surface area contributed by atoms with E-state index < -0.39 is 32.5 Å². The van der Waals surface area contributed by atoms with Crippen molar-refractivity contribution < 1.29 is 37.6 Å².